The molecule has 12 heavy (non-hydrogen) atoms. The predicted molar refractivity (Wildman–Crippen MR) is 33.9 cm³/mol. The van der Waals surface area contributed by atoms with E-state index in [1.165, 1.54) is 0 Å². The first kappa shape index (κ1) is 8.51. The number of nitrogens with zero attached hydrogens (tertiary/aromatic N) is 2. The minimum absolute atomic E-state index is 0.209. The van der Waals surface area contributed by atoms with Crippen molar-refractivity contribution in [3.05, 3.63) is 23.8 Å². The summed E-state index contributed by atoms with van der Waals surface area (Å²) in [5.41, 5.74) is -0.209. The van der Waals surface area contributed by atoms with Gasteiger partial charge in [0.25, 0.3) is 6.43 Å². The van der Waals surface area contributed by atoms with E-state index in [1.54, 1.807) is 0 Å². The number of alkyl halides is 2. The molecule has 1 aromatic rings. The molecule has 0 aliphatic rings. The van der Waals surface area contributed by atoms with Gasteiger partial charge in [0.2, 0.25) is 0 Å². The second kappa shape index (κ2) is 3.21. The Bertz CT molecular complexity index is 286. The van der Waals surface area contributed by atoms with E-state index in [0.29, 0.717) is 0 Å². The minimum Gasteiger partial charge on any atom is -0.478 e. The Morgan fingerprint density at radius 1 is 1.42 bits per heavy atom. The third-order valence-electron chi connectivity index (χ3n) is 1.11. The van der Waals surface area contributed by atoms with E-state index in [-0.39, 0.29) is 5.56 Å². The monoisotopic (exact) mass is 174 g/mol. The Labute approximate surface area is 65.9 Å². The summed E-state index contributed by atoms with van der Waals surface area (Å²) < 4.78 is 23.7. The highest BCUT2D eigenvalue weighted by Crippen LogP contribution is 2.12. The molecule has 6 heteroatoms. The number of carboxylic acids is 1. The fourth-order valence-electron chi connectivity index (χ4n) is 0.561. The third-order valence-corrected chi connectivity index (χ3v) is 1.11. The van der Waals surface area contributed by atoms with E-state index in [0.717, 1.165) is 12.4 Å². The van der Waals surface area contributed by atoms with Crippen molar-refractivity contribution < 1.29 is 18.7 Å². The van der Waals surface area contributed by atoms with E-state index in [2.05, 4.69) is 9.97 Å². The van der Waals surface area contributed by atoms with Gasteiger partial charge in [0.1, 0.15) is 0 Å². The first-order valence-electron chi connectivity index (χ1n) is 2.94. The lowest BCUT2D eigenvalue weighted by Crippen LogP contribution is -2.01. The summed E-state index contributed by atoms with van der Waals surface area (Å²) in [6.45, 7) is 0. The Hall–Kier alpha value is -1.59. The summed E-state index contributed by atoms with van der Waals surface area (Å²) >= 11 is 0. The van der Waals surface area contributed by atoms with Crippen LogP contribution in [0.5, 0.6) is 0 Å². The molecule has 0 bridgehead atoms. The molecule has 0 aliphatic carbocycles. The predicted octanol–water partition coefficient (Wildman–Crippen LogP) is 1.11. The number of aromatic nitrogens is 2. The van der Waals surface area contributed by atoms with Crippen molar-refractivity contribution in [3.8, 4) is 0 Å². The summed E-state index contributed by atoms with van der Waals surface area (Å²) in [5, 5.41) is 8.35. The molecule has 1 N–H and O–H groups in total. The second-order valence-corrected chi connectivity index (χ2v) is 1.94. The van der Waals surface area contributed by atoms with Gasteiger partial charge in [-0.05, 0) is 0 Å². The molecule has 64 valence electrons. The largest absolute Gasteiger partial charge is 0.478 e. The maximum absolute atomic E-state index is 11.8. The van der Waals surface area contributed by atoms with Crippen LogP contribution in [-0.2, 0) is 0 Å². The van der Waals surface area contributed by atoms with Gasteiger partial charge >= 0.3 is 5.97 Å². The summed E-state index contributed by atoms with van der Waals surface area (Å²) in [6.07, 6.45) is -1.08. The summed E-state index contributed by atoms with van der Waals surface area (Å²) in [4.78, 5) is 16.5. The van der Waals surface area contributed by atoms with Crippen molar-refractivity contribution in [2.24, 2.45) is 0 Å². The Morgan fingerprint density at radius 3 is 2.25 bits per heavy atom. The number of hydrogen-bond donors (Lipinski definition) is 1. The molecule has 1 heterocycles. The quantitative estimate of drug-likeness (QED) is 0.729. The molecule has 0 spiro atoms. The highest BCUT2D eigenvalue weighted by Gasteiger charge is 2.11. The van der Waals surface area contributed by atoms with Gasteiger partial charge in [0, 0.05) is 12.4 Å². The summed E-state index contributed by atoms with van der Waals surface area (Å²) in [5.74, 6) is -1.91. The number of rotatable bonds is 2. The van der Waals surface area contributed by atoms with Crippen molar-refractivity contribution in [2.45, 2.75) is 6.43 Å². The van der Waals surface area contributed by atoms with E-state index >= 15 is 0 Å². The first-order chi connectivity index (χ1) is 5.61. The van der Waals surface area contributed by atoms with Crippen LogP contribution in [0.1, 0.15) is 22.6 Å². The van der Waals surface area contributed by atoms with E-state index in [4.69, 9.17) is 5.11 Å². The van der Waals surface area contributed by atoms with E-state index in [9.17, 15) is 13.6 Å². The van der Waals surface area contributed by atoms with Crippen LogP contribution in [-0.4, -0.2) is 21.0 Å². The Balaban J connectivity index is 2.93. The fourth-order valence-corrected chi connectivity index (χ4v) is 0.561. The topological polar surface area (TPSA) is 63.1 Å². The van der Waals surface area contributed by atoms with Crippen LogP contribution in [0.3, 0.4) is 0 Å². The van der Waals surface area contributed by atoms with Crippen LogP contribution in [0.25, 0.3) is 0 Å². The van der Waals surface area contributed by atoms with Crippen LogP contribution in [0.15, 0.2) is 12.4 Å². The van der Waals surface area contributed by atoms with Gasteiger partial charge in [-0.1, -0.05) is 0 Å². The average Bonchev–Trinajstić information content (AvgIpc) is 2.04. The second-order valence-electron chi connectivity index (χ2n) is 1.94. The molecule has 0 unspecified atom stereocenters. The molecule has 0 saturated carbocycles. The zero-order valence-electron chi connectivity index (χ0n) is 5.74. The zero-order chi connectivity index (χ0) is 9.14. The number of carbonyl (C=O) groups is 1. The van der Waals surface area contributed by atoms with Gasteiger partial charge in [-0.15, -0.1) is 0 Å². The number of aromatic carboxylic acids is 1. The van der Waals surface area contributed by atoms with E-state index in [1.807, 2.05) is 0 Å². The van der Waals surface area contributed by atoms with Gasteiger partial charge in [-0.3, -0.25) is 0 Å². The lowest BCUT2D eigenvalue weighted by Gasteiger charge is -1.96. The van der Waals surface area contributed by atoms with Crippen molar-refractivity contribution in [2.75, 3.05) is 0 Å². The molecular formula is C6H4F2N2O2. The molecule has 0 radical (unpaired) electrons. The van der Waals surface area contributed by atoms with E-state index < -0.39 is 18.2 Å². The molecule has 4 nitrogen and oxygen atoms in total. The number of halogens is 2. The summed E-state index contributed by atoms with van der Waals surface area (Å²) in [6, 6.07) is 0. The molecule has 0 atom stereocenters. The van der Waals surface area contributed by atoms with Crippen LogP contribution >= 0.6 is 0 Å². The highest BCUT2D eigenvalue weighted by atomic mass is 19.3. The van der Waals surface area contributed by atoms with Gasteiger partial charge in [-0.2, -0.15) is 0 Å². The van der Waals surface area contributed by atoms with Crippen LogP contribution in [0, 0.1) is 0 Å². The molecule has 0 aliphatic heterocycles. The normalized spacial score (nSPS) is 10.2. The molecule has 0 aromatic carbocycles. The van der Waals surface area contributed by atoms with Gasteiger partial charge < -0.3 is 5.11 Å². The highest BCUT2D eigenvalue weighted by molar-refractivity contribution is 5.86. The maximum atomic E-state index is 11.8. The number of hydrogen-bond acceptors (Lipinski definition) is 3. The molecule has 1 aromatic heterocycles. The van der Waals surface area contributed by atoms with Crippen molar-refractivity contribution >= 4 is 5.97 Å². The van der Waals surface area contributed by atoms with Gasteiger partial charge in [-0.25, -0.2) is 23.5 Å². The summed E-state index contributed by atoms with van der Waals surface area (Å²) in [7, 11) is 0. The van der Waals surface area contributed by atoms with Crippen molar-refractivity contribution in [1.29, 1.82) is 0 Å². The molecule has 0 fully saturated rings. The van der Waals surface area contributed by atoms with Gasteiger partial charge in [0.15, 0.2) is 5.82 Å². The van der Waals surface area contributed by atoms with Crippen LogP contribution in [0.4, 0.5) is 8.78 Å². The van der Waals surface area contributed by atoms with Crippen molar-refractivity contribution in [3.63, 3.8) is 0 Å². The Morgan fingerprint density at radius 2 is 1.92 bits per heavy atom. The van der Waals surface area contributed by atoms with Crippen LogP contribution < -0.4 is 0 Å². The molecular weight excluding hydrogens is 170 g/mol. The zero-order valence-corrected chi connectivity index (χ0v) is 5.74. The fraction of sp³-hybridized carbons (Fsp3) is 0.167. The van der Waals surface area contributed by atoms with Crippen LogP contribution in [0.2, 0.25) is 0 Å². The first-order valence-corrected chi connectivity index (χ1v) is 2.94. The Kier molecular flexibility index (Phi) is 2.27. The number of carboxylic acid groups (broad SMARTS) is 1. The maximum Gasteiger partial charge on any atom is 0.338 e. The standard InChI is InChI=1S/C6H4F2N2O2/c7-4(8)5-9-1-3(2-10-5)6(11)12/h1-2,4H,(H,11,12). The SMILES string of the molecule is O=C(O)c1cnc(C(F)F)nc1. The third kappa shape index (κ3) is 1.71. The average molecular weight is 174 g/mol. The molecule has 0 amide bonds. The molecule has 0 saturated heterocycles. The lowest BCUT2D eigenvalue weighted by molar-refractivity contribution is 0.0694. The lowest BCUT2D eigenvalue weighted by atomic mass is 10.3. The minimum atomic E-state index is -2.77. The van der Waals surface area contributed by atoms with Gasteiger partial charge in [0.05, 0.1) is 5.56 Å². The molecule has 1 rings (SSSR count). The van der Waals surface area contributed by atoms with Crippen molar-refractivity contribution in [1.82, 2.24) is 9.97 Å². The smallest absolute Gasteiger partial charge is 0.338 e.